The quantitative estimate of drug-likeness (QED) is 0.795. The maximum absolute atomic E-state index is 11.8. The summed E-state index contributed by atoms with van der Waals surface area (Å²) in [5.41, 5.74) is 0. The summed E-state index contributed by atoms with van der Waals surface area (Å²) in [4.78, 5) is 11.8. The fourth-order valence-corrected chi connectivity index (χ4v) is 2.41. The van der Waals surface area contributed by atoms with Crippen LogP contribution in [0.5, 0.6) is 0 Å². The Kier molecular flexibility index (Phi) is 5.31. The predicted molar refractivity (Wildman–Crippen MR) is 63.6 cm³/mol. The van der Waals surface area contributed by atoms with Crippen molar-refractivity contribution in [1.29, 1.82) is 5.26 Å². The highest BCUT2D eigenvalue weighted by atomic mass is 16.1. The molecule has 0 aromatic rings. The van der Waals surface area contributed by atoms with Crippen LogP contribution in [0.15, 0.2) is 0 Å². The van der Waals surface area contributed by atoms with E-state index < -0.39 is 5.92 Å². The minimum absolute atomic E-state index is 0.0662. The second-order valence-electron chi connectivity index (χ2n) is 4.95. The average molecular weight is 222 g/mol. The standard InChI is InChI=1S/C13H22N2O/c1-3-5-11(9-14)13(16)15-12-7-4-6-10(2)8-12/h10-12H,3-8H2,1-2H3,(H,15,16). The Morgan fingerprint density at radius 2 is 2.31 bits per heavy atom. The van der Waals surface area contributed by atoms with Gasteiger partial charge in [-0.2, -0.15) is 5.26 Å². The van der Waals surface area contributed by atoms with Gasteiger partial charge in [-0.25, -0.2) is 0 Å². The SMILES string of the molecule is CCCC(C#N)C(=O)NC1CCCC(C)C1. The Morgan fingerprint density at radius 3 is 2.88 bits per heavy atom. The van der Waals surface area contributed by atoms with Crippen LogP contribution in [0.1, 0.15) is 52.4 Å². The summed E-state index contributed by atoms with van der Waals surface area (Å²) < 4.78 is 0. The lowest BCUT2D eigenvalue weighted by atomic mass is 9.87. The summed E-state index contributed by atoms with van der Waals surface area (Å²) in [6, 6.07) is 2.39. The molecule has 0 aromatic heterocycles. The number of nitriles is 1. The molecule has 0 radical (unpaired) electrons. The van der Waals surface area contributed by atoms with Gasteiger partial charge in [0.1, 0.15) is 5.92 Å². The van der Waals surface area contributed by atoms with Crippen molar-refractivity contribution in [1.82, 2.24) is 5.32 Å². The molecule has 1 aliphatic rings. The van der Waals surface area contributed by atoms with Crippen molar-refractivity contribution in [3.63, 3.8) is 0 Å². The molecule has 0 aliphatic heterocycles. The normalized spacial score (nSPS) is 26.8. The van der Waals surface area contributed by atoms with Crippen LogP contribution >= 0.6 is 0 Å². The van der Waals surface area contributed by atoms with Crippen molar-refractivity contribution >= 4 is 5.91 Å². The van der Waals surface area contributed by atoms with Gasteiger partial charge in [-0.15, -0.1) is 0 Å². The van der Waals surface area contributed by atoms with Gasteiger partial charge in [-0.1, -0.05) is 33.1 Å². The molecule has 1 aliphatic carbocycles. The van der Waals surface area contributed by atoms with E-state index in [-0.39, 0.29) is 5.91 Å². The zero-order chi connectivity index (χ0) is 12.0. The lowest BCUT2D eigenvalue weighted by Crippen LogP contribution is -2.40. The van der Waals surface area contributed by atoms with E-state index in [2.05, 4.69) is 18.3 Å². The molecule has 0 heterocycles. The third-order valence-corrected chi connectivity index (χ3v) is 3.33. The molecule has 0 spiro atoms. The first-order valence-corrected chi connectivity index (χ1v) is 6.37. The lowest BCUT2D eigenvalue weighted by Gasteiger charge is -2.28. The minimum Gasteiger partial charge on any atom is -0.352 e. The molecule has 3 unspecified atom stereocenters. The van der Waals surface area contributed by atoms with Crippen molar-refractivity contribution < 1.29 is 4.79 Å². The zero-order valence-electron chi connectivity index (χ0n) is 10.3. The van der Waals surface area contributed by atoms with Gasteiger partial charge in [0.2, 0.25) is 5.91 Å². The highest BCUT2D eigenvalue weighted by Gasteiger charge is 2.23. The van der Waals surface area contributed by atoms with Gasteiger partial charge in [0.05, 0.1) is 6.07 Å². The second kappa shape index (κ2) is 6.52. The predicted octanol–water partition coefficient (Wildman–Crippen LogP) is 2.62. The van der Waals surface area contributed by atoms with E-state index in [1.54, 1.807) is 0 Å². The zero-order valence-corrected chi connectivity index (χ0v) is 10.3. The number of carbonyl (C=O) groups is 1. The van der Waals surface area contributed by atoms with Crippen molar-refractivity contribution in [3.8, 4) is 6.07 Å². The van der Waals surface area contributed by atoms with E-state index >= 15 is 0 Å². The lowest BCUT2D eigenvalue weighted by molar-refractivity contribution is -0.124. The third kappa shape index (κ3) is 3.84. The maximum atomic E-state index is 11.8. The number of hydrogen-bond acceptors (Lipinski definition) is 2. The molecule has 16 heavy (non-hydrogen) atoms. The van der Waals surface area contributed by atoms with Crippen molar-refractivity contribution in [3.05, 3.63) is 0 Å². The number of carbonyl (C=O) groups excluding carboxylic acids is 1. The van der Waals surface area contributed by atoms with Crippen molar-refractivity contribution in [2.75, 3.05) is 0 Å². The molecule has 3 atom stereocenters. The number of rotatable bonds is 4. The summed E-state index contributed by atoms with van der Waals surface area (Å²) in [5.74, 6) is 0.177. The molecule has 0 saturated heterocycles. The van der Waals surface area contributed by atoms with Crippen molar-refractivity contribution in [2.24, 2.45) is 11.8 Å². The van der Waals surface area contributed by atoms with Gasteiger partial charge in [0.25, 0.3) is 0 Å². The Labute approximate surface area is 98.2 Å². The number of nitrogens with zero attached hydrogens (tertiary/aromatic N) is 1. The molecule has 3 heteroatoms. The third-order valence-electron chi connectivity index (χ3n) is 3.33. The fraction of sp³-hybridized carbons (Fsp3) is 0.846. The second-order valence-corrected chi connectivity index (χ2v) is 4.95. The number of hydrogen-bond donors (Lipinski definition) is 1. The summed E-state index contributed by atoms with van der Waals surface area (Å²) in [6.45, 7) is 4.23. The van der Waals surface area contributed by atoms with Crippen LogP contribution in [-0.4, -0.2) is 11.9 Å². The van der Waals surface area contributed by atoms with Crippen LogP contribution in [0.4, 0.5) is 0 Å². The minimum atomic E-state index is -0.456. The maximum Gasteiger partial charge on any atom is 0.237 e. The van der Waals surface area contributed by atoms with E-state index in [1.165, 1.54) is 12.8 Å². The smallest absolute Gasteiger partial charge is 0.237 e. The average Bonchev–Trinajstić information content (AvgIpc) is 2.25. The Balaban J connectivity index is 2.40. The van der Waals surface area contributed by atoms with Gasteiger partial charge in [0.15, 0.2) is 0 Å². The van der Waals surface area contributed by atoms with Crippen LogP contribution in [0.25, 0.3) is 0 Å². The summed E-state index contributed by atoms with van der Waals surface area (Å²) in [6.07, 6.45) is 6.15. The Bertz CT molecular complexity index is 270. The van der Waals surface area contributed by atoms with Crippen LogP contribution in [0.2, 0.25) is 0 Å². The molecule has 90 valence electrons. The Hall–Kier alpha value is -1.04. The molecule has 1 rings (SSSR count). The summed E-state index contributed by atoms with van der Waals surface area (Å²) in [5, 5.41) is 11.9. The van der Waals surface area contributed by atoms with Gasteiger partial charge in [-0.3, -0.25) is 4.79 Å². The molecule has 3 nitrogen and oxygen atoms in total. The van der Waals surface area contributed by atoms with E-state index in [0.29, 0.717) is 18.4 Å². The first kappa shape index (κ1) is 13.0. The molecule has 1 saturated carbocycles. The van der Waals surface area contributed by atoms with E-state index in [0.717, 1.165) is 19.3 Å². The topological polar surface area (TPSA) is 52.9 Å². The highest BCUT2D eigenvalue weighted by Crippen LogP contribution is 2.23. The molecule has 0 aromatic carbocycles. The van der Waals surface area contributed by atoms with Crippen molar-refractivity contribution in [2.45, 2.75) is 58.4 Å². The van der Waals surface area contributed by atoms with E-state index in [9.17, 15) is 4.79 Å². The molecule has 0 bridgehead atoms. The van der Waals surface area contributed by atoms with Crippen LogP contribution in [0, 0.1) is 23.2 Å². The summed E-state index contributed by atoms with van der Waals surface area (Å²) in [7, 11) is 0. The highest BCUT2D eigenvalue weighted by molar-refractivity contribution is 5.81. The first-order valence-electron chi connectivity index (χ1n) is 6.37. The summed E-state index contributed by atoms with van der Waals surface area (Å²) >= 11 is 0. The van der Waals surface area contributed by atoms with Crippen LogP contribution < -0.4 is 5.32 Å². The molecule has 1 fully saturated rings. The molecule has 1 N–H and O–H groups in total. The van der Waals surface area contributed by atoms with Crippen LogP contribution in [-0.2, 0) is 4.79 Å². The first-order chi connectivity index (χ1) is 7.67. The van der Waals surface area contributed by atoms with Crippen LogP contribution in [0.3, 0.4) is 0 Å². The molecular formula is C13H22N2O. The largest absolute Gasteiger partial charge is 0.352 e. The Morgan fingerprint density at radius 1 is 1.56 bits per heavy atom. The van der Waals surface area contributed by atoms with Gasteiger partial charge >= 0.3 is 0 Å². The van der Waals surface area contributed by atoms with E-state index in [1.807, 2.05) is 6.92 Å². The number of nitrogens with one attached hydrogen (secondary N) is 1. The van der Waals surface area contributed by atoms with Gasteiger partial charge < -0.3 is 5.32 Å². The van der Waals surface area contributed by atoms with Gasteiger partial charge in [0, 0.05) is 6.04 Å². The molecular weight excluding hydrogens is 200 g/mol. The fourth-order valence-electron chi connectivity index (χ4n) is 2.41. The van der Waals surface area contributed by atoms with Gasteiger partial charge in [-0.05, 0) is 25.2 Å². The number of amides is 1. The molecule has 1 amide bonds. The monoisotopic (exact) mass is 222 g/mol. The van der Waals surface area contributed by atoms with E-state index in [4.69, 9.17) is 5.26 Å².